The molecule has 0 saturated heterocycles. The molecule has 0 N–H and O–H groups in total. The highest BCUT2D eigenvalue weighted by Gasteiger charge is 1.97. The van der Waals surface area contributed by atoms with Gasteiger partial charge in [0, 0.05) is 12.0 Å². The molecule has 0 bridgehead atoms. The van der Waals surface area contributed by atoms with Gasteiger partial charge in [0.05, 0.1) is 20.3 Å². The average Bonchev–Trinajstić information content (AvgIpc) is 2.59. The summed E-state index contributed by atoms with van der Waals surface area (Å²) in [7, 11) is 1.68. The van der Waals surface area contributed by atoms with Gasteiger partial charge in [0.1, 0.15) is 5.75 Å². The fraction of sp³-hybridized carbons (Fsp3) is 0.524. The first-order valence-electron chi connectivity index (χ1n) is 8.68. The minimum Gasteiger partial charge on any atom is -0.497 e. The third-order valence-corrected chi connectivity index (χ3v) is 3.52. The molecule has 23 heavy (non-hydrogen) atoms. The minimum absolute atomic E-state index is 0.590. The highest BCUT2D eigenvalue weighted by molar-refractivity contribution is 5.29. The van der Waals surface area contributed by atoms with Crippen molar-refractivity contribution >= 4 is 0 Å². The Balaban J connectivity index is 2.43. The lowest BCUT2D eigenvalue weighted by Crippen LogP contribution is -1.98. The van der Waals surface area contributed by atoms with Crippen LogP contribution in [0.5, 0.6) is 5.75 Å². The second kappa shape index (κ2) is 12.8. The van der Waals surface area contributed by atoms with Crippen LogP contribution >= 0.6 is 0 Å². The van der Waals surface area contributed by atoms with E-state index in [1.165, 1.54) is 19.3 Å². The predicted molar refractivity (Wildman–Crippen MR) is 97.6 cm³/mol. The molecule has 0 heterocycles. The number of unbranched alkanes of at least 4 members (excludes halogenated alkanes) is 4. The van der Waals surface area contributed by atoms with E-state index in [0.29, 0.717) is 13.2 Å². The largest absolute Gasteiger partial charge is 0.497 e. The monoisotopic (exact) mass is 314 g/mol. The molecule has 0 radical (unpaired) electrons. The summed E-state index contributed by atoms with van der Waals surface area (Å²) in [4.78, 5) is 0. The number of hydrogen-bond donors (Lipinski definition) is 0. The van der Waals surface area contributed by atoms with Crippen molar-refractivity contribution in [2.24, 2.45) is 0 Å². The van der Waals surface area contributed by atoms with E-state index < -0.39 is 0 Å². The van der Waals surface area contributed by atoms with Gasteiger partial charge in [0.25, 0.3) is 0 Å². The Morgan fingerprint density at radius 2 is 1.87 bits per heavy atom. The van der Waals surface area contributed by atoms with E-state index in [9.17, 15) is 0 Å². The summed E-state index contributed by atoms with van der Waals surface area (Å²) in [6, 6.07) is 7.98. The molecule has 0 aliphatic heterocycles. The Morgan fingerprint density at radius 3 is 2.52 bits per heavy atom. The average molecular weight is 314 g/mol. The van der Waals surface area contributed by atoms with E-state index >= 15 is 0 Å². The van der Waals surface area contributed by atoms with Crippen LogP contribution in [0.3, 0.4) is 0 Å². The van der Waals surface area contributed by atoms with Gasteiger partial charge in [0.15, 0.2) is 0 Å². The standard InChI is InChI=1S/C21H30O2/c1-4-6-8-9-10-12-19(11-7-5-2)17-23-18-20-13-15-21(22-3)16-14-20/h11,13-16H,4-9,17-18H2,1-3H3/b19-11-. The Bertz CT molecular complexity index is 503. The third-order valence-electron chi connectivity index (χ3n) is 3.52. The summed E-state index contributed by atoms with van der Waals surface area (Å²) < 4.78 is 11.0. The molecule has 1 aromatic rings. The quantitative estimate of drug-likeness (QED) is 0.418. The smallest absolute Gasteiger partial charge is 0.118 e. The molecule has 0 atom stereocenters. The molecule has 0 spiro atoms. The van der Waals surface area contributed by atoms with Crippen LogP contribution in [0.2, 0.25) is 0 Å². The summed E-state index contributed by atoms with van der Waals surface area (Å²) in [6.07, 6.45) is 9.08. The maximum Gasteiger partial charge on any atom is 0.118 e. The van der Waals surface area contributed by atoms with Gasteiger partial charge in [0.2, 0.25) is 0 Å². The topological polar surface area (TPSA) is 18.5 Å². The zero-order valence-electron chi connectivity index (χ0n) is 14.9. The molecule has 0 unspecified atom stereocenters. The summed E-state index contributed by atoms with van der Waals surface area (Å²) in [6.45, 7) is 5.59. The van der Waals surface area contributed by atoms with Crippen LogP contribution in [0.15, 0.2) is 35.9 Å². The zero-order chi connectivity index (χ0) is 16.8. The number of ether oxygens (including phenoxy) is 2. The van der Waals surface area contributed by atoms with E-state index in [0.717, 1.165) is 36.1 Å². The van der Waals surface area contributed by atoms with Gasteiger partial charge in [-0.05, 0) is 30.5 Å². The van der Waals surface area contributed by atoms with Gasteiger partial charge in [-0.2, -0.15) is 0 Å². The van der Waals surface area contributed by atoms with Crippen LogP contribution in [0.1, 0.15) is 57.9 Å². The molecule has 0 aliphatic rings. The molecule has 0 aromatic heterocycles. The van der Waals surface area contributed by atoms with E-state index in [4.69, 9.17) is 9.47 Å². The van der Waals surface area contributed by atoms with Gasteiger partial charge < -0.3 is 9.47 Å². The molecule has 2 nitrogen and oxygen atoms in total. The lowest BCUT2D eigenvalue weighted by Gasteiger charge is -2.06. The minimum atomic E-state index is 0.590. The number of allylic oxidation sites excluding steroid dienone is 1. The van der Waals surface area contributed by atoms with Crippen molar-refractivity contribution in [3.8, 4) is 17.6 Å². The Kier molecular flexibility index (Phi) is 10.7. The molecule has 126 valence electrons. The molecule has 1 rings (SSSR count). The van der Waals surface area contributed by atoms with E-state index in [1.807, 2.05) is 24.3 Å². The highest BCUT2D eigenvalue weighted by Crippen LogP contribution is 2.12. The number of benzene rings is 1. The van der Waals surface area contributed by atoms with Gasteiger partial charge in [-0.25, -0.2) is 0 Å². The van der Waals surface area contributed by atoms with Gasteiger partial charge in [-0.3, -0.25) is 0 Å². The van der Waals surface area contributed by atoms with Crippen molar-refractivity contribution in [1.29, 1.82) is 0 Å². The maximum atomic E-state index is 5.82. The number of methoxy groups -OCH3 is 1. The first-order chi connectivity index (χ1) is 11.3. The fourth-order valence-electron chi connectivity index (χ4n) is 2.10. The van der Waals surface area contributed by atoms with Crippen molar-refractivity contribution in [2.75, 3.05) is 13.7 Å². The molecule has 0 saturated carbocycles. The van der Waals surface area contributed by atoms with Crippen LogP contribution in [-0.4, -0.2) is 13.7 Å². The third kappa shape index (κ3) is 9.11. The summed E-state index contributed by atoms with van der Waals surface area (Å²) in [5.74, 6) is 7.43. The van der Waals surface area contributed by atoms with Crippen LogP contribution in [-0.2, 0) is 11.3 Å². The van der Waals surface area contributed by atoms with Crippen LogP contribution in [0, 0.1) is 11.8 Å². The summed E-state index contributed by atoms with van der Waals surface area (Å²) in [5, 5.41) is 0. The molecule has 0 amide bonds. The second-order valence-corrected chi connectivity index (χ2v) is 5.62. The molecule has 0 aliphatic carbocycles. The van der Waals surface area contributed by atoms with E-state index in [1.54, 1.807) is 7.11 Å². The summed E-state index contributed by atoms with van der Waals surface area (Å²) >= 11 is 0. The van der Waals surface area contributed by atoms with Crippen LogP contribution < -0.4 is 4.74 Å². The SMILES string of the molecule is CCC/C=C(/C#CCCCCC)COCc1ccc(OC)cc1. The molecule has 0 fully saturated rings. The molecule has 2 heteroatoms. The van der Waals surface area contributed by atoms with Crippen molar-refractivity contribution in [2.45, 2.75) is 59.0 Å². The maximum absolute atomic E-state index is 5.82. The number of hydrogen-bond acceptors (Lipinski definition) is 2. The van der Waals surface area contributed by atoms with Crippen molar-refractivity contribution in [3.63, 3.8) is 0 Å². The molecular weight excluding hydrogens is 284 g/mol. The second-order valence-electron chi connectivity index (χ2n) is 5.62. The Labute approximate surface area is 141 Å². The lowest BCUT2D eigenvalue weighted by atomic mass is 10.1. The van der Waals surface area contributed by atoms with E-state index in [2.05, 4.69) is 31.8 Å². The number of rotatable bonds is 10. The van der Waals surface area contributed by atoms with E-state index in [-0.39, 0.29) is 0 Å². The predicted octanol–water partition coefficient (Wildman–Crippen LogP) is 5.52. The highest BCUT2D eigenvalue weighted by atomic mass is 16.5. The Hall–Kier alpha value is -1.72. The Morgan fingerprint density at radius 1 is 1.09 bits per heavy atom. The van der Waals surface area contributed by atoms with Crippen LogP contribution in [0.25, 0.3) is 0 Å². The van der Waals surface area contributed by atoms with Crippen molar-refractivity contribution < 1.29 is 9.47 Å². The van der Waals surface area contributed by atoms with Crippen LogP contribution in [0.4, 0.5) is 0 Å². The molecule has 1 aromatic carbocycles. The normalized spacial score (nSPS) is 11.0. The van der Waals surface area contributed by atoms with Crippen molar-refractivity contribution in [1.82, 2.24) is 0 Å². The zero-order valence-corrected chi connectivity index (χ0v) is 14.9. The first kappa shape index (κ1) is 19.3. The van der Waals surface area contributed by atoms with Gasteiger partial charge in [-0.15, -0.1) is 0 Å². The summed E-state index contributed by atoms with van der Waals surface area (Å²) in [5.41, 5.74) is 2.26. The molecular formula is C21H30O2. The van der Waals surface area contributed by atoms with Crippen molar-refractivity contribution in [3.05, 3.63) is 41.5 Å². The van der Waals surface area contributed by atoms with Gasteiger partial charge in [-0.1, -0.05) is 63.2 Å². The lowest BCUT2D eigenvalue weighted by molar-refractivity contribution is 0.144. The first-order valence-corrected chi connectivity index (χ1v) is 8.68. The van der Waals surface area contributed by atoms with Gasteiger partial charge >= 0.3 is 0 Å². The fourth-order valence-corrected chi connectivity index (χ4v) is 2.10.